The van der Waals surface area contributed by atoms with E-state index in [-0.39, 0.29) is 6.10 Å². The maximum Gasteiger partial charge on any atom is 0.0555 e. The number of nitrogens with zero attached hydrogens (tertiary/aromatic N) is 1. The van der Waals surface area contributed by atoms with Gasteiger partial charge in [0.05, 0.1) is 6.10 Å². The SMILES string of the molecule is CCN(CC1CC1)C1CC(O)CCC1(C)C. The Morgan fingerprint density at radius 3 is 2.50 bits per heavy atom. The van der Waals surface area contributed by atoms with Crippen LogP contribution in [0.4, 0.5) is 0 Å². The lowest BCUT2D eigenvalue weighted by molar-refractivity contribution is -0.0113. The fourth-order valence-electron chi connectivity index (χ4n) is 3.15. The molecule has 2 fully saturated rings. The molecule has 16 heavy (non-hydrogen) atoms. The van der Waals surface area contributed by atoms with Gasteiger partial charge in [0.25, 0.3) is 0 Å². The fourth-order valence-corrected chi connectivity index (χ4v) is 3.15. The molecule has 2 unspecified atom stereocenters. The molecule has 2 atom stereocenters. The van der Waals surface area contributed by atoms with Crippen molar-refractivity contribution in [3.8, 4) is 0 Å². The lowest BCUT2D eigenvalue weighted by Crippen LogP contribution is -2.50. The second-order valence-electron chi connectivity index (χ2n) is 6.46. The van der Waals surface area contributed by atoms with Crippen LogP contribution in [0.25, 0.3) is 0 Å². The van der Waals surface area contributed by atoms with Crippen LogP contribution in [0.3, 0.4) is 0 Å². The molecular weight excluding hydrogens is 198 g/mol. The monoisotopic (exact) mass is 225 g/mol. The molecule has 0 aromatic heterocycles. The quantitative estimate of drug-likeness (QED) is 0.795. The third-order valence-electron chi connectivity index (χ3n) is 4.56. The molecule has 0 amide bonds. The van der Waals surface area contributed by atoms with Gasteiger partial charge < -0.3 is 5.11 Å². The third-order valence-corrected chi connectivity index (χ3v) is 4.56. The third kappa shape index (κ3) is 2.78. The Bertz CT molecular complexity index is 235. The van der Waals surface area contributed by atoms with Crippen molar-refractivity contribution in [3.05, 3.63) is 0 Å². The fraction of sp³-hybridized carbons (Fsp3) is 1.00. The van der Waals surface area contributed by atoms with E-state index in [4.69, 9.17) is 0 Å². The molecule has 2 saturated carbocycles. The zero-order chi connectivity index (χ0) is 11.8. The molecule has 0 aromatic rings. The van der Waals surface area contributed by atoms with Gasteiger partial charge in [0.15, 0.2) is 0 Å². The normalized spacial score (nSPS) is 34.3. The topological polar surface area (TPSA) is 23.5 Å². The highest BCUT2D eigenvalue weighted by atomic mass is 16.3. The van der Waals surface area contributed by atoms with Crippen molar-refractivity contribution in [3.63, 3.8) is 0 Å². The minimum absolute atomic E-state index is 0.0636. The van der Waals surface area contributed by atoms with Crippen LogP contribution in [0.15, 0.2) is 0 Å². The number of hydrogen-bond acceptors (Lipinski definition) is 2. The minimum atomic E-state index is -0.0636. The van der Waals surface area contributed by atoms with Gasteiger partial charge in [0.2, 0.25) is 0 Å². The summed E-state index contributed by atoms with van der Waals surface area (Å²) in [5, 5.41) is 9.88. The van der Waals surface area contributed by atoms with E-state index in [1.54, 1.807) is 0 Å². The highest BCUT2D eigenvalue weighted by Gasteiger charge is 2.40. The van der Waals surface area contributed by atoms with Gasteiger partial charge in [-0.25, -0.2) is 0 Å². The van der Waals surface area contributed by atoms with Crippen molar-refractivity contribution in [1.29, 1.82) is 0 Å². The van der Waals surface area contributed by atoms with Crippen molar-refractivity contribution >= 4 is 0 Å². The number of hydrogen-bond donors (Lipinski definition) is 1. The standard InChI is InChI=1S/C14H27NO/c1-4-15(10-11-5-6-11)13-9-12(16)7-8-14(13,2)3/h11-13,16H,4-10H2,1-3H3. The first-order chi connectivity index (χ1) is 7.53. The summed E-state index contributed by atoms with van der Waals surface area (Å²) in [6.45, 7) is 9.41. The second-order valence-corrected chi connectivity index (χ2v) is 6.46. The van der Waals surface area contributed by atoms with Gasteiger partial charge in [-0.3, -0.25) is 4.90 Å². The van der Waals surface area contributed by atoms with Crippen LogP contribution in [0, 0.1) is 11.3 Å². The van der Waals surface area contributed by atoms with Crippen LogP contribution in [0.2, 0.25) is 0 Å². The summed E-state index contributed by atoms with van der Waals surface area (Å²) in [6.07, 6.45) is 5.92. The molecule has 0 spiro atoms. The van der Waals surface area contributed by atoms with E-state index >= 15 is 0 Å². The Morgan fingerprint density at radius 2 is 1.94 bits per heavy atom. The second kappa shape index (κ2) is 4.66. The Hall–Kier alpha value is -0.0800. The molecule has 0 saturated heterocycles. The summed E-state index contributed by atoms with van der Waals surface area (Å²) in [4.78, 5) is 2.63. The van der Waals surface area contributed by atoms with Crippen molar-refractivity contribution in [2.24, 2.45) is 11.3 Å². The molecule has 2 aliphatic carbocycles. The van der Waals surface area contributed by atoms with E-state index in [0.717, 1.165) is 25.3 Å². The highest BCUT2D eigenvalue weighted by Crippen LogP contribution is 2.40. The number of aliphatic hydroxyl groups excluding tert-OH is 1. The Labute approximate surface area is 100 Å². The van der Waals surface area contributed by atoms with Crippen LogP contribution < -0.4 is 0 Å². The molecule has 0 heterocycles. The molecule has 0 aliphatic heterocycles. The molecule has 0 aromatic carbocycles. The van der Waals surface area contributed by atoms with E-state index in [9.17, 15) is 5.11 Å². The van der Waals surface area contributed by atoms with E-state index in [1.807, 2.05) is 0 Å². The van der Waals surface area contributed by atoms with E-state index in [2.05, 4.69) is 25.7 Å². The van der Waals surface area contributed by atoms with Gasteiger partial charge in [0.1, 0.15) is 0 Å². The molecule has 1 N–H and O–H groups in total. The summed E-state index contributed by atoms with van der Waals surface area (Å²) >= 11 is 0. The first-order valence-corrected chi connectivity index (χ1v) is 6.95. The van der Waals surface area contributed by atoms with E-state index in [1.165, 1.54) is 25.8 Å². The first-order valence-electron chi connectivity index (χ1n) is 6.95. The Morgan fingerprint density at radius 1 is 1.25 bits per heavy atom. The molecule has 2 nitrogen and oxygen atoms in total. The van der Waals surface area contributed by atoms with Crippen molar-refractivity contribution in [1.82, 2.24) is 4.90 Å². The molecule has 0 radical (unpaired) electrons. The molecule has 2 aliphatic rings. The first kappa shape index (κ1) is 12.4. The van der Waals surface area contributed by atoms with Crippen molar-refractivity contribution < 1.29 is 5.11 Å². The van der Waals surface area contributed by atoms with Crippen LogP contribution in [-0.4, -0.2) is 35.2 Å². The van der Waals surface area contributed by atoms with Crippen LogP contribution in [0.1, 0.15) is 52.9 Å². The Kier molecular flexibility index (Phi) is 3.60. The van der Waals surface area contributed by atoms with Gasteiger partial charge in [-0.2, -0.15) is 0 Å². The maximum absolute atomic E-state index is 9.88. The van der Waals surface area contributed by atoms with Crippen LogP contribution in [-0.2, 0) is 0 Å². The van der Waals surface area contributed by atoms with Gasteiger partial charge in [0, 0.05) is 12.6 Å². The molecule has 2 rings (SSSR count). The summed E-state index contributed by atoms with van der Waals surface area (Å²) in [5.74, 6) is 0.954. The smallest absolute Gasteiger partial charge is 0.0555 e. The lowest BCUT2D eigenvalue weighted by atomic mass is 9.71. The average molecular weight is 225 g/mol. The molecule has 94 valence electrons. The van der Waals surface area contributed by atoms with Crippen molar-refractivity contribution in [2.45, 2.75) is 65.0 Å². The summed E-state index contributed by atoms with van der Waals surface area (Å²) in [5.41, 5.74) is 0.379. The predicted molar refractivity (Wildman–Crippen MR) is 67.4 cm³/mol. The average Bonchev–Trinajstić information content (AvgIpc) is 3.02. The molecule has 2 heteroatoms. The molecular formula is C14H27NO. The van der Waals surface area contributed by atoms with Gasteiger partial charge in [-0.05, 0) is 50.0 Å². The van der Waals surface area contributed by atoms with E-state index in [0.29, 0.717) is 11.5 Å². The number of aliphatic hydroxyl groups is 1. The van der Waals surface area contributed by atoms with Crippen molar-refractivity contribution in [2.75, 3.05) is 13.1 Å². The Balaban J connectivity index is 2.01. The maximum atomic E-state index is 9.88. The van der Waals surface area contributed by atoms with Crippen LogP contribution in [0.5, 0.6) is 0 Å². The lowest BCUT2D eigenvalue weighted by Gasteiger charge is -2.46. The van der Waals surface area contributed by atoms with Gasteiger partial charge in [-0.15, -0.1) is 0 Å². The summed E-state index contributed by atoms with van der Waals surface area (Å²) in [7, 11) is 0. The molecule has 0 bridgehead atoms. The number of rotatable bonds is 4. The highest BCUT2D eigenvalue weighted by molar-refractivity contribution is 4.94. The summed E-state index contributed by atoms with van der Waals surface area (Å²) < 4.78 is 0. The largest absolute Gasteiger partial charge is 0.393 e. The zero-order valence-electron chi connectivity index (χ0n) is 11.1. The zero-order valence-corrected chi connectivity index (χ0v) is 11.1. The minimum Gasteiger partial charge on any atom is -0.393 e. The van der Waals surface area contributed by atoms with E-state index < -0.39 is 0 Å². The predicted octanol–water partition coefficient (Wildman–Crippen LogP) is 2.66. The summed E-state index contributed by atoms with van der Waals surface area (Å²) in [6, 6.07) is 0.585. The van der Waals surface area contributed by atoms with Gasteiger partial charge >= 0.3 is 0 Å². The van der Waals surface area contributed by atoms with Crippen LogP contribution >= 0.6 is 0 Å². The van der Waals surface area contributed by atoms with Gasteiger partial charge in [-0.1, -0.05) is 20.8 Å².